The summed E-state index contributed by atoms with van der Waals surface area (Å²) in [5.74, 6) is 0.784. The predicted molar refractivity (Wildman–Crippen MR) is 67.4 cm³/mol. The molecule has 0 unspecified atom stereocenters. The zero-order chi connectivity index (χ0) is 11.9. The number of anilines is 1. The average molecular weight is 257 g/mol. The van der Waals surface area contributed by atoms with Crippen LogP contribution < -0.4 is 5.32 Å². The molecule has 0 saturated carbocycles. The lowest BCUT2D eigenvalue weighted by Crippen LogP contribution is -2.37. The molecule has 1 N–H and O–H groups in total. The second kappa shape index (κ2) is 6.74. The molecular weight excluding hydrogens is 240 g/mol. The molecule has 0 atom stereocenters. The van der Waals surface area contributed by atoms with Crippen molar-refractivity contribution in [3.63, 3.8) is 0 Å². The van der Waals surface area contributed by atoms with Crippen LogP contribution in [0.1, 0.15) is 6.42 Å². The van der Waals surface area contributed by atoms with Crippen LogP contribution in [-0.4, -0.2) is 54.3 Å². The van der Waals surface area contributed by atoms with Gasteiger partial charge in [0.25, 0.3) is 0 Å². The Kier molecular flexibility index (Phi) is 4.97. The first-order valence-corrected chi connectivity index (χ1v) is 6.25. The average Bonchev–Trinajstić information content (AvgIpc) is 2.36. The predicted octanol–water partition coefficient (Wildman–Crippen LogP) is 1.26. The van der Waals surface area contributed by atoms with Crippen LogP contribution in [0.25, 0.3) is 0 Å². The molecule has 1 aromatic heterocycles. The van der Waals surface area contributed by atoms with Gasteiger partial charge in [-0.15, -0.1) is 0 Å². The fourth-order valence-electron chi connectivity index (χ4n) is 1.78. The summed E-state index contributed by atoms with van der Waals surface area (Å²) >= 11 is 5.70. The van der Waals surface area contributed by atoms with Crippen molar-refractivity contribution >= 4 is 17.4 Å². The molecule has 1 saturated heterocycles. The number of nitrogens with one attached hydrogen (secondary N) is 1. The van der Waals surface area contributed by atoms with E-state index in [0.717, 1.165) is 51.6 Å². The number of nitrogens with zero attached hydrogens (tertiary/aromatic N) is 3. The number of ether oxygens (including phenoxy) is 1. The molecule has 2 rings (SSSR count). The van der Waals surface area contributed by atoms with Crippen LogP contribution in [0.2, 0.25) is 5.28 Å². The molecule has 1 aliphatic heterocycles. The minimum absolute atomic E-state index is 0.281. The van der Waals surface area contributed by atoms with Crippen LogP contribution in [0.3, 0.4) is 0 Å². The van der Waals surface area contributed by atoms with Crippen LogP contribution in [0.5, 0.6) is 0 Å². The largest absolute Gasteiger partial charge is 0.379 e. The van der Waals surface area contributed by atoms with E-state index >= 15 is 0 Å². The SMILES string of the molecule is Clc1nccc(NCCCN2CCOCC2)n1. The summed E-state index contributed by atoms with van der Waals surface area (Å²) in [6, 6.07) is 1.82. The Morgan fingerprint density at radius 3 is 3.00 bits per heavy atom. The van der Waals surface area contributed by atoms with Crippen molar-refractivity contribution in [1.82, 2.24) is 14.9 Å². The normalized spacial score (nSPS) is 17.0. The lowest BCUT2D eigenvalue weighted by Gasteiger charge is -2.26. The fraction of sp³-hybridized carbons (Fsp3) is 0.636. The first-order chi connectivity index (χ1) is 8.34. The number of hydrogen-bond donors (Lipinski definition) is 1. The summed E-state index contributed by atoms with van der Waals surface area (Å²) < 4.78 is 5.30. The van der Waals surface area contributed by atoms with Crippen molar-refractivity contribution in [2.24, 2.45) is 0 Å². The van der Waals surface area contributed by atoms with Gasteiger partial charge in [0.05, 0.1) is 13.2 Å². The number of hydrogen-bond acceptors (Lipinski definition) is 5. The molecule has 0 bridgehead atoms. The third-order valence-electron chi connectivity index (χ3n) is 2.69. The second-order valence-corrected chi connectivity index (χ2v) is 4.28. The first-order valence-electron chi connectivity index (χ1n) is 5.87. The lowest BCUT2D eigenvalue weighted by atomic mass is 10.3. The number of halogens is 1. The summed E-state index contributed by atoms with van der Waals surface area (Å²) in [6.45, 7) is 5.78. The Balaban J connectivity index is 1.62. The Morgan fingerprint density at radius 2 is 2.24 bits per heavy atom. The van der Waals surface area contributed by atoms with Gasteiger partial charge in [0, 0.05) is 25.8 Å². The van der Waals surface area contributed by atoms with E-state index in [0.29, 0.717) is 0 Å². The quantitative estimate of drug-likeness (QED) is 0.635. The van der Waals surface area contributed by atoms with E-state index in [4.69, 9.17) is 16.3 Å². The fourth-order valence-corrected chi connectivity index (χ4v) is 1.92. The molecule has 1 fully saturated rings. The third kappa shape index (κ3) is 4.46. The van der Waals surface area contributed by atoms with Gasteiger partial charge in [0.15, 0.2) is 0 Å². The molecule has 0 aliphatic carbocycles. The van der Waals surface area contributed by atoms with Gasteiger partial charge < -0.3 is 10.1 Å². The van der Waals surface area contributed by atoms with Crippen molar-refractivity contribution in [2.45, 2.75) is 6.42 Å². The molecule has 0 amide bonds. The van der Waals surface area contributed by atoms with Gasteiger partial charge in [-0.1, -0.05) is 0 Å². The summed E-state index contributed by atoms with van der Waals surface area (Å²) in [6.07, 6.45) is 2.74. The van der Waals surface area contributed by atoms with E-state index in [1.165, 1.54) is 0 Å². The standard InChI is InChI=1S/C11H17ClN4O/c12-11-14-4-2-10(15-11)13-3-1-5-16-6-8-17-9-7-16/h2,4H,1,3,5-9H2,(H,13,14,15). The Morgan fingerprint density at radius 1 is 1.41 bits per heavy atom. The Hall–Kier alpha value is -0.910. The van der Waals surface area contributed by atoms with Crippen LogP contribution in [0.4, 0.5) is 5.82 Å². The molecule has 94 valence electrons. The molecule has 1 aliphatic rings. The van der Waals surface area contributed by atoms with E-state index in [1.807, 2.05) is 6.07 Å². The second-order valence-electron chi connectivity index (χ2n) is 3.95. The summed E-state index contributed by atoms with van der Waals surface area (Å²) in [7, 11) is 0. The van der Waals surface area contributed by atoms with E-state index in [1.54, 1.807) is 6.20 Å². The van der Waals surface area contributed by atoms with E-state index < -0.39 is 0 Å². The summed E-state index contributed by atoms with van der Waals surface area (Å²) in [5, 5.41) is 3.51. The maximum atomic E-state index is 5.70. The lowest BCUT2D eigenvalue weighted by molar-refractivity contribution is 0.0378. The maximum Gasteiger partial charge on any atom is 0.224 e. The van der Waals surface area contributed by atoms with Crippen molar-refractivity contribution < 1.29 is 4.74 Å². The smallest absolute Gasteiger partial charge is 0.224 e. The zero-order valence-corrected chi connectivity index (χ0v) is 10.5. The zero-order valence-electron chi connectivity index (χ0n) is 9.73. The molecular formula is C11H17ClN4O. The van der Waals surface area contributed by atoms with Crippen molar-refractivity contribution in [1.29, 1.82) is 0 Å². The van der Waals surface area contributed by atoms with Crippen LogP contribution >= 0.6 is 11.6 Å². The molecule has 5 nitrogen and oxygen atoms in total. The maximum absolute atomic E-state index is 5.70. The topological polar surface area (TPSA) is 50.3 Å². The van der Waals surface area contributed by atoms with E-state index in [-0.39, 0.29) is 5.28 Å². The Bertz CT molecular complexity index is 344. The van der Waals surface area contributed by atoms with Gasteiger partial charge in [-0.2, -0.15) is 0 Å². The van der Waals surface area contributed by atoms with Crippen molar-refractivity contribution in [2.75, 3.05) is 44.7 Å². The van der Waals surface area contributed by atoms with Gasteiger partial charge in [-0.05, 0) is 30.6 Å². The highest BCUT2D eigenvalue weighted by Crippen LogP contribution is 2.05. The highest BCUT2D eigenvalue weighted by atomic mass is 35.5. The number of morpholine rings is 1. The van der Waals surface area contributed by atoms with Crippen LogP contribution in [0.15, 0.2) is 12.3 Å². The van der Waals surface area contributed by atoms with Gasteiger partial charge in [-0.3, -0.25) is 4.90 Å². The molecule has 17 heavy (non-hydrogen) atoms. The van der Waals surface area contributed by atoms with Crippen molar-refractivity contribution in [3.8, 4) is 0 Å². The third-order valence-corrected chi connectivity index (χ3v) is 2.87. The molecule has 2 heterocycles. The van der Waals surface area contributed by atoms with Gasteiger partial charge in [0.2, 0.25) is 5.28 Å². The number of aromatic nitrogens is 2. The summed E-state index contributed by atoms with van der Waals surface area (Å²) in [5.41, 5.74) is 0. The monoisotopic (exact) mass is 256 g/mol. The van der Waals surface area contributed by atoms with Gasteiger partial charge in [0.1, 0.15) is 5.82 Å². The summed E-state index contributed by atoms with van der Waals surface area (Å²) in [4.78, 5) is 10.3. The van der Waals surface area contributed by atoms with E-state index in [2.05, 4.69) is 20.2 Å². The minimum atomic E-state index is 0.281. The molecule has 0 spiro atoms. The number of rotatable bonds is 5. The van der Waals surface area contributed by atoms with Crippen LogP contribution in [0, 0.1) is 0 Å². The molecule has 1 aromatic rings. The van der Waals surface area contributed by atoms with E-state index in [9.17, 15) is 0 Å². The first kappa shape index (κ1) is 12.5. The highest BCUT2D eigenvalue weighted by molar-refractivity contribution is 6.28. The van der Waals surface area contributed by atoms with Gasteiger partial charge in [-0.25, -0.2) is 9.97 Å². The van der Waals surface area contributed by atoms with Crippen LogP contribution in [-0.2, 0) is 4.74 Å². The molecule has 0 radical (unpaired) electrons. The highest BCUT2D eigenvalue weighted by Gasteiger charge is 2.08. The Labute approximate surface area is 106 Å². The minimum Gasteiger partial charge on any atom is -0.379 e. The molecule has 6 heteroatoms. The van der Waals surface area contributed by atoms with Crippen molar-refractivity contribution in [3.05, 3.63) is 17.5 Å². The molecule has 0 aromatic carbocycles. The van der Waals surface area contributed by atoms with Gasteiger partial charge >= 0.3 is 0 Å².